The third-order valence-electron chi connectivity index (χ3n) is 3.28. The number of hydrogen-bond donors (Lipinski definition) is 1. The fourth-order valence-corrected chi connectivity index (χ4v) is 3.20. The van der Waals surface area contributed by atoms with Crippen LogP contribution >= 0.6 is 11.8 Å². The van der Waals surface area contributed by atoms with Gasteiger partial charge in [-0.15, -0.1) is 11.8 Å². The zero-order valence-corrected chi connectivity index (χ0v) is 13.8. The summed E-state index contributed by atoms with van der Waals surface area (Å²) in [4.78, 5) is 13.2. The van der Waals surface area contributed by atoms with E-state index in [9.17, 15) is 4.79 Å². The minimum atomic E-state index is -0.0843. The Morgan fingerprint density at radius 1 is 1.36 bits per heavy atom. The first-order valence-corrected chi connectivity index (χ1v) is 8.02. The Morgan fingerprint density at radius 3 is 2.82 bits per heavy atom. The molecule has 1 N–H and O–H groups in total. The second-order valence-electron chi connectivity index (χ2n) is 4.84. The smallest absolute Gasteiger partial charge is 0.252 e. The topological polar surface area (TPSA) is 64.4 Å². The quantitative estimate of drug-likeness (QED) is 0.627. The van der Waals surface area contributed by atoms with Gasteiger partial charge in [0.25, 0.3) is 5.91 Å². The zero-order chi connectivity index (χ0) is 15.9. The number of thioether (sulfide) groups is 1. The normalized spacial score (nSPS) is 10.7. The summed E-state index contributed by atoms with van der Waals surface area (Å²) in [7, 11) is 1.61. The van der Waals surface area contributed by atoms with Crippen LogP contribution in [0, 0.1) is 13.8 Å². The first-order chi connectivity index (χ1) is 10.6. The van der Waals surface area contributed by atoms with E-state index in [-0.39, 0.29) is 5.91 Å². The molecule has 0 spiro atoms. The minimum Gasteiger partial charge on any atom is -0.383 e. The van der Waals surface area contributed by atoms with Gasteiger partial charge in [0.1, 0.15) is 5.76 Å². The van der Waals surface area contributed by atoms with Gasteiger partial charge in [-0.25, -0.2) is 0 Å². The van der Waals surface area contributed by atoms with Gasteiger partial charge in [0.15, 0.2) is 0 Å². The number of rotatable bonds is 7. The molecule has 0 unspecified atom stereocenters. The van der Waals surface area contributed by atoms with Gasteiger partial charge in [-0.2, -0.15) is 0 Å². The standard InChI is InChI=1S/C16H20N2O3S/c1-11-14(12(2)21-18-11)10-22-15-7-5-4-6-13(15)16(19)17-8-9-20-3/h4-7H,8-10H2,1-3H3,(H,17,19). The molecule has 0 atom stereocenters. The molecular formula is C16H20N2O3S. The summed E-state index contributed by atoms with van der Waals surface area (Å²) in [5, 5.41) is 6.80. The third kappa shape index (κ3) is 4.11. The summed E-state index contributed by atoms with van der Waals surface area (Å²) in [5.74, 6) is 1.47. The number of ether oxygens (including phenoxy) is 1. The van der Waals surface area contributed by atoms with E-state index in [0.29, 0.717) is 18.7 Å². The van der Waals surface area contributed by atoms with E-state index < -0.39 is 0 Å². The first-order valence-electron chi connectivity index (χ1n) is 7.04. The second-order valence-corrected chi connectivity index (χ2v) is 5.85. The first kappa shape index (κ1) is 16.6. The monoisotopic (exact) mass is 320 g/mol. The molecule has 5 nitrogen and oxygen atoms in total. The molecular weight excluding hydrogens is 300 g/mol. The maximum Gasteiger partial charge on any atom is 0.252 e. The Kier molecular flexibility index (Phi) is 6.03. The van der Waals surface area contributed by atoms with Crippen molar-refractivity contribution in [3.05, 3.63) is 46.8 Å². The Hall–Kier alpha value is -1.79. The SMILES string of the molecule is COCCNC(=O)c1ccccc1SCc1c(C)noc1C. The summed E-state index contributed by atoms with van der Waals surface area (Å²) in [6, 6.07) is 7.58. The number of nitrogens with one attached hydrogen (secondary N) is 1. The van der Waals surface area contributed by atoms with Crippen LogP contribution in [0.5, 0.6) is 0 Å². The van der Waals surface area contributed by atoms with Crippen LogP contribution in [0.2, 0.25) is 0 Å². The van der Waals surface area contributed by atoms with E-state index in [1.807, 2.05) is 38.1 Å². The minimum absolute atomic E-state index is 0.0843. The summed E-state index contributed by atoms with van der Waals surface area (Å²) in [5.41, 5.74) is 2.65. The Bertz CT molecular complexity index is 621. The van der Waals surface area contributed by atoms with Crippen LogP contribution in [0.1, 0.15) is 27.4 Å². The van der Waals surface area contributed by atoms with Crippen molar-refractivity contribution in [1.29, 1.82) is 0 Å². The number of methoxy groups -OCH3 is 1. The fraction of sp³-hybridized carbons (Fsp3) is 0.375. The Labute approximate surface area is 134 Å². The van der Waals surface area contributed by atoms with Crippen LogP contribution < -0.4 is 5.32 Å². The van der Waals surface area contributed by atoms with Crippen LogP contribution in [0.25, 0.3) is 0 Å². The molecule has 0 fully saturated rings. The third-order valence-corrected chi connectivity index (χ3v) is 4.38. The van der Waals surface area contributed by atoms with Gasteiger partial charge in [-0.1, -0.05) is 17.3 Å². The molecule has 2 aromatic rings. The molecule has 2 rings (SSSR count). The van der Waals surface area contributed by atoms with Gasteiger partial charge in [0.05, 0.1) is 17.9 Å². The summed E-state index contributed by atoms with van der Waals surface area (Å²) in [6.45, 7) is 4.83. The molecule has 118 valence electrons. The molecule has 1 amide bonds. The van der Waals surface area contributed by atoms with E-state index >= 15 is 0 Å². The average molecular weight is 320 g/mol. The summed E-state index contributed by atoms with van der Waals surface area (Å²) < 4.78 is 10.1. The highest BCUT2D eigenvalue weighted by Crippen LogP contribution is 2.28. The van der Waals surface area contributed by atoms with Crippen molar-refractivity contribution in [1.82, 2.24) is 10.5 Å². The van der Waals surface area contributed by atoms with Gasteiger partial charge in [-0.05, 0) is 26.0 Å². The molecule has 1 heterocycles. The number of aryl methyl sites for hydroxylation is 2. The number of hydrogen-bond acceptors (Lipinski definition) is 5. The van der Waals surface area contributed by atoms with Crippen molar-refractivity contribution in [3.8, 4) is 0 Å². The molecule has 1 aromatic carbocycles. The lowest BCUT2D eigenvalue weighted by atomic mass is 10.2. The van der Waals surface area contributed by atoms with Crippen molar-refractivity contribution >= 4 is 17.7 Å². The van der Waals surface area contributed by atoms with Crippen LogP contribution in [0.4, 0.5) is 0 Å². The number of benzene rings is 1. The molecule has 0 bridgehead atoms. The van der Waals surface area contributed by atoms with Gasteiger partial charge < -0.3 is 14.6 Å². The Balaban J connectivity index is 2.06. The second kappa shape index (κ2) is 8.00. The fourth-order valence-electron chi connectivity index (χ4n) is 2.00. The molecule has 0 aliphatic heterocycles. The van der Waals surface area contributed by atoms with Crippen molar-refractivity contribution in [2.45, 2.75) is 24.5 Å². The van der Waals surface area contributed by atoms with Crippen molar-refractivity contribution in [2.24, 2.45) is 0 Å². The van der Waals surface area contributed by atoms with Crippen LogP contribution in [0.3, 0.4) is 0 Å². The van der Waals surface area contributed by atoms with E-state index in [4.69, 9.17) is 9.26 Å². The lowest BCUT2D eigenvalue weighted by molar-refractivity contribution is 0.0934. The maximum atomic E-state index is 12.2. The number of nitrogens with zero attached hydrogens (tertiary/aromatic N) is 1. The predicted octanol–water partition coefficient (Wildman–Crippen LogP) is 2.96. The average Bonchev–Trinajstić information content (AvgIpc) is 2.84. The van der Waals surface area contributed by atoms with Gasteiger partial charge in [-0.3, -0.25) is 4.79 Å². The number of amides is 1. The Morgan fingerprint density at radius 2 is 2.14 bits per heavy atom. The molecule has 0 saturated heterocycles. The van der Waals surface area contributed by atoms with E-state index in [2.05, 4.69) is 10.5 Å². The van der Waals surface area contributed by atoms with Crippen LogP contribution in [-0.4, -0.2) is 31.3 Å². The molecule has 6 heteroatoms. The van der Waals surface area contributed by atoms with Gasteiger partial charge in [0, 0.05) is 29.9 Å². The van der Waals surface area contributed by atoms with Crippen LogP contribution in [-0.2, 0) is 10.5 Å². The number of aromatic nitrogens is 1. The lowest BCUT2D eigenvalue weighted by Gasteiger charge is -2.09. The summed E-state index contributed by atoms with van der Waals surface area (Å²) >= 11 is 1.61. The molecule has 1 aromatic heterocycles. The predicted molar refractivity (Wildman–Crippen MR) is 86.2 cm³/mol. The molecule has 0 saturated carbocycles. The molecule has 0 radical (unpaired) electrons. The zero-order valence-electron chi connectivity index (χ0n) is 13.0. The number of carbonyl (C=O) groups is 1. The van der Waals surface area contributed by atoms with Crippen molar-refractivity contribution in [3.63, 3.8) is 0 Å². The maximum absolute atomic E-state index is 12.2. The molecule has 0 aliphatic carbocycles. The highest BCUT2D eigenvalue weighted by Gasteiger charge is 2.14. The van der Waals surface area contributed by atoms with Gasteiger partial charge >= 0.3 is 0 Å². The highest BCUT2D eigenvalue weighted by molar-refractivity contribution is 7.98. The van der Waals surface area contributed by atoms with E-state index in [1.54, 1.807) is 18.9 Å². The van der Waals surface area contributed by atoms with Gasteiger partial charge in [0.2, 0.25) is 0 Å². The molecule has 22 heavy (non-hydrogen) atoms. The summed E-state index contributed by atoms with van der Waals surface area (Å²) in [6.07, 6.45) is 0. The largest absolute Gasteiger partial charge is 0.383 e. The van der Waals surface area contributed by atoms with Crippen molar-refractivity contribution in [2.75, 3.05) is 20.3 Å². The number of carbonyl (C=O) groups excluding carboxylic acids is 1. The van der Waals surface area contributed by atoms with Crippen molar-refractivity contribution < 1.29 is 14.1 Å². The lowest BCUT2D eigenvalue weighted by Crippen LogP contribution is -2.27. The van der Waals surface area contributed by atoms with E-state index in [0.717, 1.165) is 27.7 Å². The van der Waals surface area contributed by atoms with Crippen LogP contribution in [0.15, 0.2) is 33.7 Å². The highest BCUT2D eigenvalue weighted by atomic mass is 32.2. The molecule has 0 aliphatic rings. The van der Waals surface area contributed by atoms with E-state index in [1.165, 1.54) is 0 Å².